The molecule has 0 aliphatic heterocycles. The average molecular weight is 419 g/mol. The van der Waals surface area contributed by atoms with Crippen molar-refractivity contribution in [2.75, 3.05) is 0 Å². The molecule has 30 heavy (non-hydrogen) atoms. The van der Waals surface area contributed by atoms with Crippen molar-refractivity contribution in [3.63, 3.8) is 0 Å². The van der Waals surface area contributed by atoms with Gasteiger partial charge in [-0.3, -0.25) is 0 Å². The van der Waals surface area contributed by atoms with Gasteiger partial charge in [-0.25, -0.2) is 18.1 Å². The van der Waals surface area contributed by atoms with Gasteiger partial charge in [0.1, 0.15) is 6.33 Å². The van der Waals surface area contributed by atoms with Crippen molar-refractivity contribution in [3.8, 4) is 0 Å². The van der Waals surface area contributed by atoms with Gasteiger partial charge in [-0.05, 0) is 16.7 Å². The molecule has 4 aromatic rings. The van der Waals surface area contributed by atoms with Crippen LogP contribution in [0.15, 0.2) is 102 Å². The molecule has 1 aromatic heterocycles. The Hall–Kier alpha value is -3.29. The second kappa shape index (κ2) is 9.02. The van der Waals surface area contributed by atoms with E-state index >= 15 is 0 Å². The normalized spacial score (nSPS) is 11.6. The molecule has 7 heteroatoms. The predicted molar refractivity (Wildman–Crippen MR) is 115 cm³/mol. The Balaban J connectivity index is 1.61. The summed E-state index contributed by atoms with van der Waals surface area (Å²) in [6.07, 6.45) is 1.46. The topological polar surface area (TPSA) is 68.1 Å². The highest BCUT2D eigenvalue weighted by atomic mass is 32.2. The van der Waals surface area contributed by atoms with Gasteiger partial charge < -0.3 is 0 Å². The van der Waals surface area contributed by atoms with Crippen molar-refractivity contribution < 1.29 is 8.42 Å². The van der Waals surface area contributed by atoms with Crippen molar-refractivity contribution >= 4 is 10.0 Å². The lowest BCUT2D eigenvalue weighted by molar-refractivity contribution is 0.396. The van der Waals surface area contributed by atoms with E-state index in [0.717, 1.165) is 16.7 Å². The Morgan fingerprint density at radius 3 is 1.67 bits per heavy atom. The van der Waals surface area contributed by atoms with Gasteiger partial charge in [0, 0.05) is 13.1 Å². The molecule has 0 unspecified atom stereocenters. The van der Waals surface area contributed by atoms with Gasteiger partial charge in [-0.1, -0.05) is 91.0 Å². The summed E-state index contributed by atoms with van der Waals surface area (Å²) < 4.78 is 29.8. The molecule has 0 saturated carbocycles. The van der Waals surface area contributed by atoms with Crippen molar-refractivity contribution in [1.29, 1.82) is 0 Å². The molecule has 0 aliphatic rings. The van der Waals surface area contributed by atoms with E-state index in [2.05, 4.69) is 10.1 Å². The third-order valence-corrected chi connectivity index (χ3v) is 6.26. The Morgan fingerprint density at radius 2 is 1.17 bits per heavy atom. The zero-order valence-electron chi connectivity index (χ0n) is 16.4. The summed E-state index contributed by atoms with van der Waals surface area (Å²) >= 11 is 0. The van der Waals surface area contributed by atoms with Gasteiger partial charge in [-0.15, -0.1) is 5.10 Å². The van der Waals surface area contributed by atoms with Crippen molar-refractivity contribution in [2.24, 2.45) is 0 Å². The Kier molecular flexibility index (Phi) is 6.02. The van der Waals surface area contributed by atoms with E-state index in [1.165, 1.54) is 10.6 Å². The van der Waals surface area contributed by atoms with Gasteiger partial charge in [0.25, 0.3) is 15.2 Å². The van der Waals surface area contributed by atoms with Crippen LogP contribution >= 0.6 is 0 Å². The number of sulfonamides is 1. The summed E-state index contributed by atoms with van der Waals surface area (Å²) in [6.45, 7) is 0.942. The van der Waals surface area contributed by atoms with Crippen molar-refractivity contribution in [1.82, 2.24) is 19.1 Å². The van der Waals surface area contributed by atoms with E-state index in [-0.39, 0.29) is 18.2 Å². The lowest BCUT2D eigenvalue weighted by atomic mass is 10.2. The standard InChI is InChI=1S/C23H22N4O2S/c28-30(29,23-24-19-26(25-23)16-20-10-4-1-5-11-20)27(17-21-12-6-2-7-13-21)18-22-14-8-3-9-15-22/h1-15,19H,16-18H2. The van der Waals surface area contributed by atoms with Crippen molar-refractivity contribution in [3.05, 3.63) is 114 Å². The molecule has 4 rings (SSSR count). The van der Waals surface area contributed by atoms with Crippen LogP contribution in [0, 0.1) is 0 Å². The molecule has 0 bridgehead atoms. The van der Waals surface area contributed by atoms with Crippen LogP contribution in [-0.2, 0) is 29.7 Å². The Labute approximate surface area is 176 Å². The molecule has 152 valence electrons. The summed E-state index contributed by atoms with van der Waals surface area (Å²) in [4.78, 5) is 4.11. The number of benzene rings is 3. The molecule has 0 N–H and O–H groups in total. The third-order valence-electron chi connectivity index (χ3n) is 4.68. The summed E-state index contributed by atoms with van der Waals surface area (Å²) in [5.74, 6) is 0. The van der Waals surface area contributed by atoms with Crippen LogP contribution in [0.3, 0.4) is 0 Å². The lowest BCUT2D eigenvalue weighted by Crippen LogP contribution is -2.31. The Morgan fingerprint density at radius 1 is 0.700 bits per heavy atom. The van der Waals surface area contributed by atoms with Gasteiger partial charge in [0.2, 0.25) is 0 Å². The molecule has 0 aliphatic carbocycles. The number of aromatic nitrogens is 3. The number of hydrogen-bond acceptors (Lipinski definition) is 4. The van der Waals surface area contributed by atoms with Gasteiger partial charge in [-0.2, -0.15) is 4.31 Å². The minimum absolute atomic E-state index is 0.190. The maximum Gasteiger partial charge on any atom is 0.282 e. The average Bonchev–Trinajstić information content (AvgIpc) is 3.25. The van der Waals surface area contributed by atoms with Gasteiger partial charge >= 0.3 is 0 Å². The summed E-state index contributed by atoms with van der Waals surface area (Å²) in [5.41, 5.74) is 2.83. The molecule has 0 radical (unpaired) electrons. The van der Waals surface area contributed by atoms with E-state index < -0.39 is 10.0 Å². The van der Waals surface area contributed by atoms with E-state index in [1.54, 1.807) is 4.68 Å². The zero-order chi connectivity index (χ0) is 20.8. The van der Waals surface area contributed by atoms with E-state index in [0.29, 0.717) is 6.54 Å². The molecule has 0 amide bonds. The number of nitrogens with zero attached hydrogens (tertiary/aromatic N) is 4. The van der Waals surface area contributed by atoms with Gasteiger partial charge in [0.05, 0.1) is 6.54 Å². The molecule has 3 aromatic carbocycles. The molecular weight excluding hydrogens is 396 g/mol. The highest BCUT2D eigenvalue weighted by molar-refractivity contribution is 7.88. The van der Waals surface area contributed by atoms with Crippen LogP contribution in [0.2, 0.25) is 0 Å². The van der Waals surface area contributed by atoms with Crippen molar-refractivity contribution in [2.45, 2.75) is 24.8 Å². The second-order valence-electron chi connectivity index (χ2n) is 6.95. The SMILES string of the molecule is O=S(=O)(c1ncn(Cc2ccccc2)n1)N(Cc1ccccc1)Cc1ccccc1. The highest BCUT2D eigenvalue weighted by Crippen LogP contribution is 2.19. The summed E-state index contributed by atoms with van der Waals surface area (Å²) in [5, 5.41) is 4.07. The predicted octanol–water partition coefficient (Wildman–Crippen LogP) is 3.72. The zero-order valence-corrected chi connectivity index (χ0v) is 17.2. The first-order chi connectivity index (χ1) is 14.6. The van der Waals surface area contributed by atoms with Crippen LogP contribution in [0.1, 0.15) is 16.7 Å². The molecule has 0 fully saturated rings. The number of hydrogen-bond donors (Lipinski definition) is 0. The molecule has 0 atom stereocenters. The number of rotatable bonds is 8. The van der Waals surface area contributed by atoms with E-state index in [1.807, 2.05) is 91.0 Å². The fraction of sp³-hybridized carbons (Fsp3) is 0.130. The largest absolute Gasteiger partial charge is 0.282 e. The van der Waals surface area contributed by atoms with Gasteiger partial charge in [0.15, 0.2) is 0 Å². The van der Waals surface area contributed by atoms with Crippen LogP contribution in [-0.4, -0.2) is 27.5 Å². The second-order valence-corrected chi connectivity index (χ2v) is 8.79. The fourth-order valence-corrected chi connectivity index (χ4v) is 4.42. The first-order valence-electron chi connectivity index (χ1n) is 9.63. The molecule has 0 saturated heterocycles. The minimum atomic E-state index is -3.88. The lowest BCUT2D eigenvalue weighted by Gasteiger charge is -2.20. The molecule has 6 nitrogen and oxygen atoms in total. The summed E-state index contributed by atoms with van der Waals surface area (Å²) in [6, 6.07) is 28.8. The maximum atomic E-state index is 13.4. The highest BCUT2D eigenvalue weighted by Gasteiger charge is 2.29. The summed E-state index contributed by atoms with van der Waals surface area (Å²) in [7, 11) is -3.88. The third kappa shape index (κ3) is 4.82. The monoisotopic (exact) mass is 418 g/mol. The quantitative estimate of drug-likeness (QED) is 0.437. The first kappa shape index (κ1) is 20.0. The van der Waals surface area contributed by atoms with Crippen LogP contribution < -0.4 is 0 Å². The van der Waals surface area contributed by atoms with E-state index in [4.69, 9.17) is 0 Å². The van der Waals surface area contributed by atoms with E-state index in [9.17, 15) is 8.42 Å². The molecular formula is C23H22N4O2S. The molecule has 0 spiro atoms. The fourth-order valence-electron chi connectivity index (χ4n) is 3.16. The minimum Gasteiger partial charge on any atom is -0.247 e. The smallest absolute Gasteiger partial charge is 0.247 e. The first-order valence-corrected chi connectivity index (χ1v) is 11.1. The maximum absolute atomic E-state index is 13.4. The Bertz CT molecular complexity index is 1140. The van der Waals surface area contributed by atoms with Crippen LogP contribution in [0.5, 0.6) is 0 Å². The molecule has 1 heterocycles. The van der Waals surface area contributed by atoms with Crippen LogP contribution in [0.25, 0.3) is 0 Å². The van der Waals surface area contributed by atoms with Crippen LogP contribution in [0.4, 0.5) is 0 Å².